The van der Waals surface area contributed by atoms with Gasteiger partial charge in [-0.1, -0.05) is 64.9 Å². The zero-order valence-electron chi connectivity index (χ0n) is 19.5. The summed E-state index contributed by atoms with van der Waals surface area (Å²) in [4.78, 5) is 28.1. The molecule has 0 fully saturated rings. The van der Waals surface area contributed by atoms with Gasteiger partial charge in [-0.3, -0.25) is 14.9 Å². The zero-order valence-corrected chi connectivity index (χ0v) is 21.9. The Hall–Kier alpha value is -3.46. The van der Waals surface area contributed by atoms with Gasteiger partial charge in [0.1, 0.15) is 11.0 Å². The predicted molar refractivity (Wildman–Crippen MR) is 146 cm³/mol. The molecule has 7 nitrogen and oxygen atoms in total. The molecule has 0 bridgehead atoms. The third-order valence-electron chi connectivity index (χ3n) is 5.37. The Morgan fingerprint density at radius 3 is 2.33 bits per heavy atom. The fourth-order valence-electron chi connectivity index (χ4n) is 3.42. The normalized spacial score (nSPS) is 11.6. The van der Waals surface area contributed by atoms with E-state index in [4.69, 9.17) is 23.2 Å². The van der Waals surface area contributed by atoms with Gasteiger partial charge >= 0.3 is 0 Å². The van der Waals surface area contributed by atoms with Gasteiger partial charge in [0.05, 0.1) is 10.0 Å². The molecule has 10 heteroatoms. The highest BCUT2D eigenvalue weighted by Gasteiger charge is 2.24. The van der Waals surface area contributed by atoms with E-state index in [1.807, 2.05) is 73.6 Å². The number of rotatable bonds is 8. The summed E-state index contributed by atoms with van der Waals surface area (Å²) in [6.07, 6.45) is 0.289. The number of hydrogen-bond donors (Lipinski definition) is 2. The van der Waals surface area contributed by atoms with E-state index in [2.05, 4.69) is 20.8 Å². The molecular formula is C26H23Cl2N5O2S. The Labute approximate surface area is 223 Å². The Bertz CT molecular complexity index is 1360. The molecule has 1 aromatic heterocycles. The van der Waals surface area contributed by atoms with E-state index in [0.29, 0.717) is 20.7 Å². The van der Waals surface area contributed by atoms with Crippen LogP contribution < -0.4 is 15.5 Å². The van der Waals surface area contributed by atoms with E-state index in [9.17, 15) is 9.59 Å². The molecule has 0 radical (unpaired) electrons. The third kappa shape index (κ3) is 6.40. The largest absolute Gasteiger partial charge is 0.378 e. The summed E-state index contributed by atoms with van der Waals surface area (Å²) in [5, 5.41) is 15.5. The van der Waals surface area contributed by atoms with Crippen molar-refractivity contribution in [1.29, 1.82) is 0 Å². The maximum Gasteiger partial charge on any atom is 0.251 e. The second kappa shape index (κ2) is 11.5. The summed E-state index contributed by atoms with van der Waals surface area (Å²) >= 11 is 13.3. The summed E-state index contributed by atoms with van der Waals surface area (Å²) in [7, 11) is 3.94. The van der Waals surface area contributed by atoms with Crippen molar-refractivity contribution in [3.05, 3.63) is 94.0 Å². The maximum atomic E-state index is 13.2. The van der Waals surface area contributed by atoms with Gasteiger partial charge in [-0.25, -0.2) is 0 Å². The minimum Gasteiger partial charge on any atom is -0.378 e. The number of anilines is 2. The van der Waals surface area contributed by atoms with Crippen LogP contribution in [0.5, 0.6) is 0 Å². The molecule has 0 aliphatic carbocycles. The Morgan fingerprint density at radius 2 is 1.67 bits per heavy atom. The number of carbonyl (C=O) groups excluding carboxylic acids is 2. The lowest BCUT2D eigenvalue weighted by Crippen LogP contribution is -2.45. The van der Waals surface area contributed by atoms with E-state index in [1.54, 1.807) is 12.1 Å². The number of halogens is 2. The number of benzene rings is 3. The van der Waals surface area contributed by atoms with Crippen molar-refractivity contribution in [2.45, 2.75) is 12.5 Å². The molecule has 2 N–H and O–H groups in total. The fourth-order valence-corrected chi connectivity index (χ4v) is 4.47. The van der Waals surface area contributed by atoms with Crippen LogP contribution in [0.3, 0.4) is 0 Å². The van der Waals surface area contributed by atoms with Crippen LogP contribution in [0.2, 0.25) is 10.0 Å². The summed E-state index contributed by atoms with van der Waals surface area (Å²) < 4.78 is 0. The number of amides is 2. The van der Waals surface area contributed by atoms with Crippen molar-refractivity contribution in [3.8, 4) is 10.6 Å². The van der Waals surface area contributed by atoms with Gasteiger partial charge in [0, 0.05) is 37.3 Å². The molecule has 0 spiro atoms. The van der Waals surface area contributed by atoms with E-state index in [0.717, 1.165) is 16.8 Å². The third-order valence-corrected chi connectivity index (χ3v) is 7.00. The highest BCUT2D eigenvalue weighted by Crippen LogP contribution is 2.28. The SMILES string of the molecule is CN(C)c1ccc(-c2nnc(NC(=O)C(Cc3ccccc3)NC(=O)c3ccc(Cl)c(Cl)c3)s2)cc1. The van der Waals surface area contributed by atoms with Gasteiger partial charge in [-0.05, 0) is 48.0 Å². The number of carbonyl (C=O) groups is 2. The summed E-state index contributed by atoms with van der Waals surface area (Å²) in [5.74, 6) is -0.846. The average molecular weight is 540 g/mol. The van der Waals surface area contributed by atoms with Gasteiger partial charge in [-0.15, -0.1) is 10.2 Å². The zero-order chi connectivity index (χ0) is 25.7. The Kier molecular flexibility index (Phi) is 8.20. The van der Waals surface area contributed by atoms with Crippen molar-refractivity contribution >= 4 is 57.2 Å². The number of nitrogens with zero attached hydrogens (tertiary/aromatic N) is 3. The van der Waals surface area contributed by atoms with Crippen LogP contribution in [-0.4, -0.2) is 42.1 Å². The minimum atomic E-state index is -0.860. The molecule has 0 aliphatic heterocycles. The van der Waals surface area contributed by atoms with Crippen LogP contribution in [0.4, 0.5) is 10.8 Å². The predicted octanol–water partition coefficient (Wildman–Crippen LogP) is 5.56. The van der Waals surface area contributed by atoms with Crippen molar-refractivity contribution in [2.24, 2.45) is 0 Å². The van der Waals surface area contributed by atoms with Crippen molar-refractivity contribution in [1.82, 2.24) is 15.5 Å². The molecule has 36 heavy (non-hydrogen) atoms. The quantitative estimate of drug-likeness (QED) is 0.306. The first-order valence-electron chi connectivity index (χ1n) is 11.0. The first kappa shape index (κ1) is 25.6. The van der Waals surface area contributed by atoms with Crippen molar-refractivity contribution in [3.63, 3.8) is 0 Å². The highest BCUT2D eigenvalue weighted by atomic mass is 35.5. The highest BCUT2D eigenvalue weighted by molar-refractivity contribution is 7.18. The van der Waals surface area contributed by atoms with Gasteiger partial charge in [-0.2, -0.15) is 0 Å². The van der Waals surface area contributed by atoms with Crippen molar-refractivity contribution in [2.75, 3.05) is 24.3 Å². The minimum absolute atomic E-state index is 0.258. The topological polar surface area (TPSA) is 87.2 Å². The van der Waals surface area contributed by atoms with Crippen LogP contribution in [0.1, 0.15) is 15.9 Å². The molecule has 0 saturated carbocycles. The van der Waals surface area contributed by atoms with E-state index < -0.39 is 17.9 Å². The molecule has 3 aromatic carbocycles. The second-order valence-electron chi connectivity index (χ2n) is 8.19. The molecule has 1 unspecified atom stereocenters. The number of hydrogen-bond acceptors (Lipinski definition) is 6. The Morgan fingerprint density at radius 1 is 0.944 bits per heavy atom. The molecule has 4 rings (SSSR count). The van der Waals surface area contributed by atoms with Crippen LogP contribution in [-0.2, 0) is 11.2 Å². The van der Waals surface area contributed by atoms with E-state index in [1.165, 1.54) is 17.4 Å². The molecule has 0 aliphatic rings. The lowest BCUT2D eigenvalue weighted by Gasteiger charge is -2.18. The van der Waals surface area contributed by atoms with Crippen LogP contribution in [0.15, 0.2) is 72.8 Å². The smallest absolute Gasteiger partial charge is 0.251 e. The first-order valence-corrected chi connectivity index (χ1v) is 12.6. The van der Waals surface area contributed by atoms with Gasteiger partial charge in [0.2, 0.25) is 11.0 Å². The summed E-state index contributed by atoms with van der Waals surface area (Å²) in [5.41, 5.74) is 3.16. The fraction of sp³-hybridized carbons (Fsp3) is 0.154. The van der Waals surface area contributed by atoms with Gasteiger partial charge in [0.25, 0.3) is 5.91 Å². The molecule has 184 valence electrons. The van der Waals surface area contributed by atoms with Crippen LogP contribution >= 0.6 is 34.5 Å². The summed E-state index contributed by atoms with van der Waals surface area (Å²) in [6.45, 7) is 0. The van der Waals surface area contributed by atoms with Gasteiger partial charge in [0.15, 0.2) is 0 Å². The number of aromatic nitrogens is 2. The lowest BCUT2D eigenvalue weighted by atomic mass is 10.0. The molecule has 1 heterocycles. The van der Waals surface area contributed by atoms with Crippen LogP contribution in [0.25, 0.3) is 10.6 Å². The first-order chi connectivity index (χ1) is 17.3. The number of nitrogens with one attached hydrogen (secondary N) is 2. The van der Waals surface area contributed by atoms with Crippen LogP contribution in [0, 0.1) is 0 Å². The standard InChI is InChI=1S/C26H23Cl2N5O2S/c1-33(2)19-11-8-17(9-12-19)25-31-32-26(36-25)30-24(35)22(14-16-6-4-3-5-7-16)29-23(34)18-10-13-20(27)21(28)15-18/h3-13,15,22H,14H2,1-2H3,(H,29,34)(H,30,32,35). The average Bonchev–Trinajstić information content (AvgIpc) is 3.34. The molecule has 0 saturated heterocycles. The lowest BCUT2D eigenvalue weighted by molar-refractivity contribution is -0.118. The molecule has 2 amide bonds. The summed E-state index contributed by atoms with van der Waals surface area (Å²) in [6, 6.07) is 21.0. The molecule has 1 atom stereocenters. The maximum absolute atomic E-state index is 13.2. The van der Waals surface area contributed by atoms with Gasteiger partial charge < -0.3 is 10.2 Å². The Balaban J connectivity index is 1.51. The molecule has 4 aromatic rings. The van der Waals surface area contributed by atoms with Crippen molar-refractivity contribution < 1.29 is 9.59 Å². The van der Waals surface area contributed by atoms with E-state index >= 15 is 0 Å². The second-order valence-corrected chi connectivity index (χ2v) is 9.98. The molecular weight excluding hydrogens is 517 g/mol. The van der Waals surface area contributed by atoms with E-state index in [-0.39, 0.29) is 11.4 Å². The monoisotopic (exact) mass is 539 g/mol.